The molecule has 0 aliphatic heterocycles. The van der Waals surface area contributed by atoms with Gasteiger partial charge < -0.3 is 15.8 Å². The third kappa shape index (κ3) is 3.71. The average molecular weight is 204 g/mol. The van der Waals surface area contributed by atoms with E-state index in [1.54, 1.807) is 24.3 Å². The summed E-state index contributed by atoms with van der Waals surface area (Å²) in [4.78, 5) is 11.1. The second-order valence-corrected chi connectivity index (χ2v) is 2.83. The molecular weight excluding hydrogens is 192 g/mol. The highest BCUT2D eigenvalue weighted by Gasteiger charge is 2.00. The summed E-state index contributed by atoms with van der Waals surface area (Å²) in [6.07, 6.45) is 0. The van der Waals surface area contributed by atoms with Crippen molar-refractivity contribution in [3.05, 3.63) is 29.8 Å². The topological polar surface area (TPSA) is 64.3 Å². The largest absolute Gasteiger partial charge is 0.375 e. The summed E-state index contributed by atoms with van der Waals surface area (Å²) in [5.74, 6) is 2.52. The van der Waals surface area contributed by atoms with Crippen LogP contribution in [0.25, 0.3) is 0 Å². The van der Waals surface area contributed by atoms with E-state index in [2.05, 4.69) is 22.0 Å². The van der Waals surface area contributed by atoms with Gasteiger partial charge in [0.15, 0.2) is 0 Å². The highest BCUT2D eigenvalue weighted by molar-refractivity contribution is 5.91. The SMILES string of the molecule is COCC(=O)Nc1ccc(C#CN)cc1. The van der Waals surface area contributed by atoms with Gasteiger partial charge in [0.2, 0.25) is 5.91 Å². The fraction of sp³-hybridized carbons (Fsp3) is 0.182. The molecular formula is C11H12N2O2. The van der Waals surface area contributed by atoms with Crippen LogP contribution in [-0.4, -0.2) is 19.6 Å². The van der Waals surface area contributed by atoms with Crippen LogP contribution in [0.5, 0.6) is 0 Å². The van der Waals surface area contributed by atoms with Crippen LogP contribution in [0.3, 0.4) is 0 Å². The third-order valence-corrected chi connectivity index (χ3v) is 1.66. The minimum absolute atomic E-state index is 0.0460. The van der Waals surface area contributed by atoms with Gasteiger partial charge in [0, 0.05) is 24.4 Å². The lowest BCUT2D eigenvalue weighted by atomic mass is 10.2. The molecule has 1 rings (SSSR count). The summed E-state index contributed by atoms with van der Waals surface area (Å²) in [7, 11) is 1.47. The maximum atomic E-state index is 11.1. The number of anilines is 1. The van der Waals surface area contributed by atoms with E-state index < -0.39 is 0 Å². The Labute approximate surface area is 88.4 Å². The van der Waals surface area contributed by atoms with Crippen molar-refractivity contribution in [1.82, 2.24) is 0 Å². The molecule has 0 aromatic heterocycles. The van der Waals surface area contributed by atoms with E-state index in [0.29, 0.717) is 5.69 Å². The van der Waals surface area contributed by atoms with E-state index in [1.165, 1.54) is 7.11 Å². The number of nitrogens with two attached hydrogens (primary N) is 1. The summed E-state index contributed by atoms with van der Waals surface area (Å²) < 4.78 is 4.69. The van der Waals surface area contributed by atoms with Gasteiger partial charge in [0.05, 0.1) is 0 Å². The van der Waals surface area contributed by atoms with Crippen LogP contribution in [0.4, 0.5) is 5.69 Å². The first-order chi connectivity index (χ1) is 7.26. The van der Waals surface area contributed by atoms with Crippen molar-refractivity contribution in [2.45, 2.75) is 0 Å². The van der Waals surface area contributed by atoms with Gasteiger partial charge >= 0.3 is 0 Å². The molecule has 0 aliphatic carbocycles. The first kappa shape index (κ1) is 11.1. The molecule has 4 nitrogen and oxygen atoms in total. The summed E-state index contributed by atoms with van der Waals surface area (Å²) in [5, 5.41) is 2.67. The molecule has 0 aliphatic rings. The first-order valence-electron chi connectivity index (χ1n) is 4.36. The molecule has 1 aromatic rings. The van der Waals surface area contributed by atoms with Crippen LogP contribution in [0.15, 0.2) is 24.3 Å². The Morgan fingerprint density at radius 2 is 2.13 bits per heavy atom. The second kappa shape index (κ2) is 5.68. The predicted molar refractivity (Wildman–Crippen MR) is 58.0 cm³/mol. The zero-order valence-electron chi connectivity index (χ0n) is 8.41. The van der Waals surface area contributed by atoms with Gasteiger partial charge in [-0.1, -0.05) is 0 Å². The summed E-state index contributed by atoms with van der Waals surface area (Å²) in [6.45, 7) is 0.0460. The number of rotatable bonds is 3. The van der Waals surface area contributed by atoms with Crippen LogP contribution in [0.1, 0.15) is 5.56 Å². The fourth-order valence-electron chi connectivity index (χ4n) is 1.05. The van der Waals surface area contributed by atoms with Gasteiger partial charge in [-0.25, -0.2) is 0 Å². The summed E-state index contributed by atoms with van der Waals surface area (Å²) in [6, 6.07) is 9.38. The first-order valence-corrected chi connectivity index (χ1v) is 4.36. The number of ether oxygens (including phenoxy) is 1. The van der Waals surface area contributed by atoms with E-state index in [4.69, 9.17) is 5.73 Å². The lowest BCUT2D eigenvalue weighted by molar-refractivity contribution is -0.119. The van der Waals surface area contributed by atoms with Crippen molar-refractivity contribution >= 4 is 11.6 Å². The molecule has 78 valence electrons. The van der Waals surface area contributed by atoms with Gasteiger partial charge in [-0.3, -0.25) is 4.79 Å². The van der Waals surface area contributed by atoms with E-state index in [-0.39, 0.29) is 12.5 Å². The second-order valence-electron chi connectivity index (χ2n) is 2.83. The van der Waals surface area contributed by atoms with Crippen molar-refractivity contribution in [3.8, 4) is 12.0 Å². The number of methoxy groups -OCH3 is 1. The van der Waals surface area contributed by atoms with E-state index in [1.807, 2.05) is 0 Å². The minimum Gasteiger partial charge on any atom is -0.375 e. The van der Waals surface area contributed by atoms with E-state index >= 15 is 0 Å². The van der Waals surface area contributed by atoms with Crippen molar-refractivity contribution in [2.75, 3.05) is 19.0 Å². The van der Waals surface area contributed by atoms with Gasteiger partial charge in [-0.15, -0.1) is 0 Å². The van der Waals surface area contributed by atoms with Crippen molar-refractivity contribution in [2.24, 2.45) is 5.73 Å². The number of hydrogen-bond donors (Lipinski definition) is 2. The minimum atomic E-state index is -0.185. The lowest BCUT2D eigenvalue weighted by Crippen LogP contribution is -2.16. The number of nitrogens with one attached hydrogen (secondary N) is 1. The Balaban J connectivity index is 2.63. The smallest absolute Gasteiger partial charge is 0.250 e. The fourth-order valence-corrected chi connectivity index (χ4v) is 1.05. The maximum absolute atomic E-state index is 11.1. The standard InChI is InChI=1S/C11H12N2O2/c1-15-8-11(14)13-10-4-2-9(3-5-10)6-7-12/h2-5H,8,12H2,1H3,(H,13,14). The molecule has 0 atom stereocenters. The Bertz CT molecular complexity index is 387. The van der Waals surface area contributed by atoms with Crippen molar-refractivity contribution in [1.29, 1.82) is 0 Å². The predicted octanol–water partition coefficient (Wildman–Crippen LogP) is 0.539. The molecule has 0 radical (unpaired) electrons. The van der Waals surface area contributed by atoms with Gasteiger partial charge in [0.1, 0.15) is 6.61 Å². The number of carbonyl (C=O) groups is 1. The number of benzene rings is 1. The molecule has 0 heterocycles. The van der Waals surface area contributed by atoms with Crippen LogP contribution < -0.4 is 11.1 Å². The zero-order chi connectivity index (χ0) is 11.1. The molecule has 0 saturated carbocycles. The Morgan fingerprint density at radius 1 is 1.47 bits per heavy atom. The number of hydrogen-bond acceptors (Lipinski definition) is 3. The van der Waals surface area contributed by atoms with Crippen LogP contribution in [-0.2, 0) is 9.53 Å². The zero-order valence-corrected chi connectivity index (χ0v) is 8.41. The quantitative estimate of drug-likeness (QED) is 0.558. The lowest BCUT2D eigenvalue weighted by Gasteiger charge is -2.03. The molecule has 15 heavy (non-hydrogen) atoms. The van der Waals surface area contributed by atoms with Crippen LogP contribution in [0.2, 0.25) is 0 Å². The highest BCUT2D eigenvalue weighted by atomic mass is 16.5. The molecule has 3 N–H and O–H groups in total. The van der Waals surface area contributed by atoms with Crippen molar-refractivity contribution < 1.29 is 9.53 Å². The summed E-state index contributed by atoms with van der Waals surface area (Å²) in [5.41, 5.74) is 6.59. The monoisotopic (exact) mass is 204 g/mol. The number of amides is 1. The van der Waals surface area contributed by atoms with Gasteiger partial charge in [-0.2, -0.15) is 0 Å². The molecule has 0 fully saturated rings. The van der Waals surface area contributed by atoms with Crippen LogP contribution in [0, 0.1) is 12.0 Å². The Morgan fingerprint density at radius 3 is 2.67 bits per heavy atom. The highest BCUT2D eigenvalue weighted by Crippen LogP contribution is 2.08. The summed E-state index contributed by atoms with van der Waals surface area (Å²) >= 11 is 0. The van der Waals surface area contributed by atoms with Gasteiger partial charge in [0.25, 0.3) is 0 Å². The normalized spacial score (nSPS) is 8.87. The molecule has 0 bridgehead atoms. The molecule has 0 unspecified atom stereocenters. The molecule has 1 aromatic carbocycles. The molecule has 1 amide bonds. The Kier molecular flexibility index (Phi) is 4.20. The third-order valence-electron chi connectivity index (χ3n) is 1.66. The van der Waals surface area contributed by atoms with Crippen LogP contribution >= 0.6 is 0 Å². The van der Waals surface area contributed by atoms with Gasteiger partial charge in [-0.05, 0) is 30.2 Å². The molecule has 4 heteroatoms. The molecule has 0 spiro atoms. The van der Waals surface area contributed by atoms with E-state index in [0.717, 1.165) is 5.56 Å². The number of carbonyl (C=O) groups excluding carboxylic acids is 1. The average Bonchev–Trinajstić information content (AvgIpc) is 2.22. The maximum Gasteiger partial charge on any atom is 0.250 e. The Hall–Kier alpha value is -1.99. The molecule has 0 saturated heterocycles. The van der Waals surface area contributed by atoms with E-state index in [9.17, 15) is 4.79 Å². The van der Waals surface area contributed by atoms with Crippen molar-refractivity contribution in [3.63, 3.8) is 0 Å².